The van der Waals surface area contributed by atoms with Crippen LogP contribution in [0.4, 0.5) is 0 Å². The van der Waals surface area contributed by atoms with Crippen molar-refractivity contribution in [1.82, 2.24) is 14.8 Å². The van der Waals surface area contributed by atoms with Crippen molar-refractivity contribution < 1.29 is 4.74 Å². The van der Waals surface area contributed by atoms with Crippen LogP contribution in [0.5, 0.6) is 5.75 Å². The molecule has 5 heteroatoms. The third kappa shape index (κ3) is 3.22. The van der Waals surface area contributed by atoms with Gasteiger partial charge >= 0.3 is 0 Å². The smallest absolute Gasteiger partial charge is 0.137 e. The van der Waals surface area contributed by atoms with E-state index in [4.69, 9.17) is 4.74 Å². The molecule has 0 aliphatic carbocycles. The fourth-order valence-corrected chi connectivity index (χ4v) is 2.56. The molecule has 5 nitrogen and oxygen atoms in total. The van der Waals surface area contributed by atoms with Crippen LogP contribution >= 0.6 is 0 Å². The van der Waals surface area contributed by atoms with Gasteiger partial charge in [-0.25, -0.2) is 4.98 Å². The van der Waals surface area contributed by atoms with E-state index < -0.39 is 5.41 Å². The number of para-hydroxylation sites is 1. The van der Waals surface area contributed by atoms with Gasteiger partial charge in [0.15, 0.2) is 0 Å². The summed E-state index contributed by atoms with van der Waals surface area (Å²) in [6.07, 6.45) is 5.91. The highest BCUT2D eigenvalue weighted by atomic mass is 16.5. The summed E-state index contributed by atoms with van der Waals surface area (Å²) in [5.41, 5.74) is 0.259. The van der Waals surface area contributed by atoms with Crippen molar-refractivity contribution in [3.05, 3.63) is 42.5 Å². The third-order valence-corrected chi connectivity index (χ3v) is 3.69. The lowest BCUT2D eigenvalue weighted by atomic mass is 9.77. The topological polar surface area (TPSA) is 63.7 Å². The second-order valence-electron chi connectivity index (χ2n) is 5.09. The van der Waals surface area contributed by atoms with Crippen LogP contribution in [0.15, 0.2) is 36.9 Å². The average Bonchev–Trinajstić information content (AvgIpc) is 3.04. The van der Waals surface area contributed by atoms with Crippen molar-refractivity contribution >= 4 is 0 Å². The predicted molar refractivity (Wildman–Crippen MR) is 79.8 cm³/mol. The van der Waals surface area contributed by atoms with Crippen molar-refractivity contribution in [3.63, 3.8) is 0 Å². The van der Waals surface area contributed by atoms with E-state index in [1.807, 2.05) is 24.3 Å². The molecule has 1 aromatic heterocycles. The Kier molecular flexibility index (Phi) is 4.94. The molecule has 0 spiro atoms. The first-order chi connectivity index (χ1) is 10.3. The monoisotopic (exact) mass is 284 g/mol. The molecule has 0 radical (unpaired) electrons. The first-order valence-corrected chi connectivity index (χ1v) is 7.13. The van der Waals surface area contributed by atoms with Gasteiger partial charge in [-0.2, -0.15) is 10.4 Å². The number of aromatic nitrogens is 3. The maximum atomic E-state index is 9.91. The van der Waals surface area contributed by atoms with Crippen LogP contribution < -0.4 is 4.74 Å². The number of methoxy groups -OCH3 is 1. The maximum absolute atomic E-state index is 9.91. The van der Waals surface area contributed by atoms with Gasteiger partial charge in [-0.3, -0.25) is 4.68 Å². The highest BCUT2D eigenvalue weighted by Gasteiger charge is 2.35. The molecule has 21 heavy (non-hydrogen) atoms. The number of benzene rings is 1. The molecule has 2 rings (SSSR count). The van der Waals surface area contributed by atoms with E-state index in [1.165, 1.54) is 6.33 Å². The van der Waals surface area contributed by atoms with Gasteiger partial charge in [-0.15, -0.1) is 0 Å². The minimum atomic E-state index is -0.656. The minimum absolute atomic E-state index is 0.476. The lowest BCUT2D eigenvalue weighted by Gasteiger charge is -2.28. The van der Waals surface area contributed by atoms with Crippen molar-refractivity contribution in [3.8, 4) is 11.8 Å². The Morgan fingerprint density at radius 2 is 2.19 bits per heavy atom. The molecule has 0 aliphatic heterocycles. The molecule has 0 N–H and O–H groups in total. The molecular weight excluding hydrogens is 264 g/mol. The Labute approximate surface area is 125 Å². The van der Waals surface area contributed by atoms with Crippen LogP contribution in [0.3, 0.4) is 0 Å². The van der Waals surface area contributed by atoms with Gasteiger partial charge in [0.05, 0.1) is 19.7 Å². The average molecular weight is 284 g/mol. The molecule has 0 saturated heterocycles. The largest absolute Gasteiger partial charge is 0.496 e. The molecule has 1 atom stereocenters. The predicted octanol–water partition coefficient (Wildman–Crippen LogP) is 2.94. The molecule has 0 bridgehead atoms. The van der Waals surface area contributed by atoms with E-state index >= 15 is 0 Å². The number of hydrogen-bond donors (Lipinski definition) is 0. The fourth-order valence-electron chi connectivity index (χ4n) is 2.56. The molecule has 110 valence electrons. The standard InChI is InChI=1S/C16H20N4O/c1-3-4-9-16(10-17,11-20-13-18-12-19-20)14-7-5-6-8-15(14)21-2/h5-8,12-13H,3-4,9,11H2,1-2H3. The molecule has 2 aromatic rings. The van der Waals surface area contributed by atoms with Gasteiger partial charge in [0.25, 0.3) is 0 Å². The summed E-state index contributed by atoms with van der Waals surface area (Å²) in [4.78, 5) is 3.97. The molecule has 0 fully saturated rings. The van der Waals surface area contributed by atoms with E-state index in [0.29, 0.717) is 6.54 Å². The van der Waals surface area contributed by atoms with Gasteiger partial charge in [-0.1, -0.05) is 38.0 Å². The number of nitrogens with zero attached hydrogens (tertiary/aromatic N) is 4. The minimum Gasteiger partial charge on any atom is -0.496 e. The van der Waals surface area contributed by atoms with Gasteiger partial charge in [0.1, 0.15) is 23.8 Å². The summed E-state index contributed by atoms with van der Waals surface area (Å²) in [6.45, 7) is 2.60. The fraction of sp³-hybridized carbons (Fsp3) is 0.438. The molecule has 1 heterocycles. The number of hydrogen-bond acceptors (Lipinski definition) is 4. The zero-order valence-corrected chi connectivity index (χ0v) is 12.5. The second kappa shape index (κ2) is 6.89. The zero-order chi connectivity index (χ0) is 15.1. The maximum Gasteiger partial charge on any atom is 0.137 e. The normalized spacial score (nSPS) is 13.4. The molecule has 0 saturated carbocycles. The van der Waals surface area contributed by atoms with E-state index in [9.17, 15) is 5.26 Å². The highest BCUT2D eigenvalue weighted by molar-refractivity contribution is 5.43. The Morgan fingerprint density at radius 1 is 1.38 bits per heavy atom. The Hall–Kier alpha value is -2.35. The van der Waals surface area contributed by atoms with Crippen LogP contribution in [-0.2, 0) is 12.0 Å². The summed E-state index contributed by atoms with van der Waals surface area (Å²) in [6, 6.07) is 10.2. The number of rotatable bonds is 7. The van der Waals surface area contributed by atoms with E-state index in [2.05, 4.69) is 23.1 Å². The molecule has 1 unspecified atom stereocenters. The number of ether oxygens (including phenoxy) is 1. The summed E-state index contributed by atoms with van der Waals surface area (Å²) < 4.78 is 7.17. The van der Waals surface area contributed by atoms with Crippen LogP contribution in [0.2, 0.25) is 0 Å². The third-order valence-electron chi connectivity index (χ3n) is 3.69. The van der Waals surface area contributed by atoms with Crippen LogP contribution in [-0.4, -0.2) is 21.9 Å². The number of nitriles is 1. The van der Waals surface area contributed by atoms with E-state index in [1.54, 1.807) is 18.1 Å². The Morgan fingerprint density at radius 3 is 2.81 bits per heavy atom. The SMILES string of the molecule is CCCCC(C#N)(Cn1cncn1)c1ccccc1OC. The summed E-state index contributed by atoms with van der Waals surface area (Å²) in [5.74, 6) is 0.746. The number of unbranched alkanes of at least 4 members (excludes halogenated alkanes) is 1. The summed E-state index contributed by atoms with van der Waals surface area (Å²) in [7, 11) is 1.64. The highest BCUT2D eigenvalue weighted by Crippen LogP contribution is 2.37. The van der Waals surface area contributed by atoms with Crippen molar-refractivity contribution in [2.45, 2.75) is 38.1 Å². The Bertz CT molecular complexity index is 603. The van der Waals surface area contributed by atoms with Crippen molar-refractivity contribution in [2.75, 3.05) is 7.11 Å². The summed E-state index contributed by atoms with van der Waals surface area (Å²) in [5, 5.41) is 14.1. The quantitative estimate of drug-likeness (QED) is 0.784. The molecular formula is C16H20N4O. The summed E-state index contributed by atoms with van der Waals surface area (Å²) >= 11 is 0. The lowest BCUT2D eigenvalue weighted by molar-refractivity contribution is 0.357. The van der Waals surface area contributed by atoms with E-state index in [0.717, 1.165) is 30.6 Å². The first kappa shape index (κ1) is 15.0. The van der Waals surface area contributed by atoms with Gasteiger partial charge in [0, 0.05) is 5.56 Å². The molecule has 0 amide bonds. The van der Waals surface area contributed by atoms with E-state index in [-0.39, 0.29) is 0 Å². The van der Waals surface area contributed by atoms with Crippen LogP contribution in [0.25, 0.3) is 0 Å². The van der Waals surface area contributed by atoms with Crippen molar-refractivity contribution in [2.24, 2.45) is 0 Å². The van der Waals surface area contributed by atoms with Crippen molar-refractivity contribution in [1.29, 1.82) is 5.26 Å². The van der Waals surface area contributed by atoms with Gasteiger partial charge in [-0.05, 0) is 12.5 Å². The van der Waals surface area contributed by atoms with Crippen LogP contribution in [0, 0.1) is 11.3 Å². The Balaban J connectivity index is 2.45. The zero-order valence-electron chi connectivity index (χ0n) is 12.5. The first-order valence-electron chi connectivity index (χ1n) is 7.13. The van der Waals surface area contributed by atoms with Gasteiger partial charge in [0.2, 0.25) is 0 Å². The second-order valence-corrected chi connectivity index (χ2v) is 5.09. The molecule has 0 aliphatic rings. The molecule has 1 aromatic carbocycles. The lowest BCUT2D eigenvalue weighted by Crippen LogP contribution is -2.31. The van der Waals surface area contributed by atoms with Gasteiger partial charge < -0.3 is 4.74 Å². The van der Waals surface area contributed by atoms with Crippen LogP contribution in [0.1, 0.15) is 31.7 Å².